The van der Waals surface area contributed by atoms with Gasteiger partial charge in [-0.2, -0.15) is 5.10 Å². The van der Waals surface area contributed by atoms with Crippen molar-refractivity contribution in [3.8, 4) is 11.5 Å². The van der Waals surface area contributed by atoms with Crippen molar-refractivity contribution in [3.63, 3.8) is 0 Å². The van der Waals surface area contributed by atoms with E-state index in [1.165, 1.54) is 0 Å². The third-order valence-corrected chi connectivity index (χ3v) is 4.87. The van der Waals surface area contributed by atoms with Gasteiger partial charge in [-0.05, 0) is 37.0 Å². The van der Waals surface area contributed by atoms with E-state index in [1.807, 2.05) is 29.8 Å². The molecule has 6 heteroatoms. The smallest absolute Gasteiger partial charge is 0.255 e. The molecule has 1 N–H and O–H groups in total. The highest BCUT2D eigenvalue weighted by atomic mass is 16.5. The largest absolute Gasteiger partial charge is 0.490 e. The van der Waals surface area contributed by atoms with E-state index in [2.05, 4.69) is 31.2 Å². The Morgan fingerprint density at radius 3 is 2.70 bits per heavy atom. The van der Waals surface area contributed by atoms with Gasteiger partial charge >= 0.3 is 0 Å². The van der Waals surface area contributed by atoms with Crippen molar-refractivity contribution in [2.24, 2.45) is 5.92 Å². The van der Waals surface area contributed by atoms with Crippen LogP contribution < -0.4 is 14.8 Å². The summed E-state index contributed by atoms with van der Waals surface area (Å²) in [5.74, 6) is 1.64. The van der Waals surface area contributed by atoms with Gasteiger partial charge in [0.1, 0.15) is 0 Å². The lowest BCUT2D eigenvalue weighted by Gasteiger charge is -2.24. The molecule has 146 valence electrons. The molecule has 2 heterocycles. The number of carbonyl (C=O) groups is 1. The first-order chi connectivity index (χ1) is 13.0. The zero-order valence-electron chi connectivity index (χ0n) is 16.6. The number of nitrogens with one attached hydrogen (secondary N) is 1. The summed E-state index contributed by atoms with van der Waals surface area (Å²) in [5.41, 5.74) is 2.54. The van der Waals surface area contributed by atoms with E-state index in [0.29, 0.717) is 18.8 Å². The minimum absolute atomic E-state index is 0.0966. The van der Waals surface area contributed by atoms with Crippen molar-refractivity contribution in [2.75, 3.05) is 13.2 Å². The summed E-state index contributed by atoms with van der Waals surface area (Å²) in [6.07, 6.45) is 3.51. The van der Waals surface area contributed by atoms with E-state index < -0.39 is 0 Å². The van der Waals surface area contributed by atoms with Crippen LogP contribution in [0.2, 0.25) is 0 Å². The second kappa shape index (κ2) is 8.46. The lowest BCUT2D eigenvalue weighted by atomic mass is 9.95. The number of hydrogen-bond acceptors (Lipinski definition) is 4. The predicted molar refractivity (Wildman–Crippen MR) is 104 cm³/mol. The van der Waals surface area contributed by atoms with Crippen LogP contribution in [-0.4, -0.2) is 28.9 Å². The third kappa shape index (κ3) is 4.26. The Kier molecular flexibility index (Phi) is 6.04. The van der Waals surface area contributed by atoms with Crippen LogP contribution in [0.5, 0.6) is 11.5 Å². The molecule has 2 aromatic rings. The van der Waals surface area contributed by atoms with Gasteiger partial charge in [-0.25, -0.2) is 0 Å². The minimum atomic E-state index is -0.122. The average Bonchev–Trinajstić information content (AvgIpc) is 2.86. The number of rotatable bonds is 6. The van der Waals surface area contributed by atoms with Gasteiger partial charge in [0, 0.05) is 18.7 Å². The Balaban J connectivity index is 1.82. The molecule has 1 aliphatic rings. The van der Waals surface area contributed by atoms with Crippen LogP contribution in [0.1, 0.15) is 61.3 Å². The molecule has 1 aromatic carbocycles. The fourth-order valence-electron chi connectivity index (χ4n) is 3.33. The van der Waals surface area contributed by atoms with Gasteiger partial charge in [0.15, 0.2) is 11.5 Å². The Morgan fingerprint density at radius 1 is 1.26 bits per heavy atom. The second-order valence-corrected chi connectivity index (χ2v) is 7.32. The van der Waals surface area contributed by atoms with E-state index in [4.69, 9.17) is 9.47 Å². The number of fused-ring (bicyclic) bond motifs is 1. The molecule has 0 radical (unpaired) electrons. The van der Waals surface area contributed by atoms with E-state index in [9.17, 15) is 4.79 Å². The minimum Gasteiger partial charge on any atom is -0.490 e. The van der Waals surface area contributed by atoms with E-state index in [1.54, 1.807) is 6.20 Å². The van der Waals surface area contributed by atoms with Crippen LogP contribution in [0, 0.1) is 12.8 Å². The van der Waals surface area contributed by atoms with Gasteiger partial charge in [0.25, 0.3) is 5.91 Å². The third-order valence-electron chi connectivity index (χ3n) is 4.87. The zero-order valence-corrected chi connectivity index (χ0v) is 16.6. The first kappa shape index (κ1) is 19.3. The highest BCUT2D eigenvalue weighted by Gasteiger charge is 2.23. The van der Waals surface area contributed by atoms with Gasteiger partial charge in [-0.3, -0.25) is 9.48 Å². The summed E-state index contributed by atoms with van der Waals surface area (Å²) in [6.45, 7) is 10.4. The maximum atomic E-state index is 12.9. The van der Waals surface area contributed by atoms with E-state index in [-0.39, 0.29) is 17.9 Å². The fraction of sp³-hybridized carbons (Fsp3) is 0.524. The number of ether oxygens (including phenoxy) is 2. The van der Waals surface area contributed by atoms with Gasteiger partial charge in [-0.1, -0.05) is 26.8 Å². The standard InChI is InChI=1S/C21H29N3O3/c1-5-9-24-15(4)17(13-22-24)21(25)23-20(14(2)3)16-7-8-18-19(12-16)27-11-6-10-26-18/h7-8,12-14,20H,5-6,9-11H2,1-4H3,(H,23,25). The van der Waals surface area contributed by atoms with Crippen molar-refractivity contribution < 1.29 is 14.3 Å². The normalized spacial score (nSPS) is 14.7. The highest BCUT2D eigenvalue weighted by Crippen LogP contribution is 2.34. The molecule has 0 spiro atoms. The Hall–Kier alpha value is -2.50. The molecule has 0 saturated carbocycles. The summed E-state index contributed by atoms with van der Waals surface area (Å²) in [7, 11) is 0. The summed E-state index contributed by atoms with van der Waals surface area (Å²) < 4.78 is 13.4. The summed E-state index contributed by atoms with van der Waals surface area (Å²) in [4.78, 5) is 12.9. The van der Waals surface area contributed by atoms with Crippen molar-refractivity contribution in [2.45, 2.75) is 53.1 Å². The maximum absolute atomic E-state index is 12.9. The van der Waals surface area contributed by atoms with Crippen LogP contribution in [0.4, 0.5) is 0 Å². The summed E-state index contributed by atoms with van der Waals surface area (Å²) in [6, 6.07) is 5.80. The van der Waals surface area contributed by atoms with Gasteiger partial charge in [-0.15, -0.1) is 0 Å². The molecule has 1 amide bonds. The van der Waals surface area contributed by atoms with Crippen LogP contribution in [0.3, 0.4) is 0 Å². The van der Waals surface area contributed by atoms with Gasteiger partial charge in [0.2, 0.25) is 0 Å². The highest BCUT2D eigenvalue weighted by molar-refractivity contribution is 5.95. The summed E-state index contributed by atoms with van der Waals surface area (Å²) in [5, 5.41) is 7.52. The quantitative estimate of drug-likeness (QED) is 0.837. The van der Waals surface area contributed by atoms with Crippen molar-refractivity contribution in [1.29, 1.82) is 0 Å². The van der Waals surface area contributed by atoms with Gasteiger partial charge < -0.3 is 14.8 Å². The molecule has 0 bridgehead atoms. The number of nitrogens with zero attached hydrogens (tertiary/aromatic N) is 2. The van der Waals surface area contributed by atoms with Crippen LogP contribution in [0.15, 0.2) is 24.4 Å². The molecule has 1 atom stereocenters. The number of amides is 1. The Morgan fingerprint density at radius 2 is 2.00 bits per heavy atom. The molecular formula is C21H29N3O3. The molecule has 1 unspecified atom stereocenters. The average molecular weight is 371 g/mol. The first-order valence-electron chi connectivity index (χ1n) is 9.74. The van der Waals surface area contributed by atoms with Crippen LogP contribution in [0.25, 0.3) is 0 Å². The Bertz CT molecular complexity index is 798. The molecule has 27 heavy (non-hydrogen) atoms. The number of aryl methyl sites for hydroxylation is 1. The number of benzene rings is 1. The first-order valence-corrected chi connectivity index (χ1v) is 9.74. The summed E-state index contributed by atoms with van der Waals surface area (Å²) >= 11 is 0. The monoisotopic (exact) mass is 371 g/mol. The molecule has 6 nitrogen and oxygen atoms in total. The molecule has 1 aliphatic heterocycles. The SMILES string of the molecule is CCCn1ncc(C(=O)NC(c2ccc3c(c2)OCCCO3)C(C)C)c1C. The predicted octanol–water partition coefficient (Wildman–Crippen LogP) is 3.89. The molecule has 0 aliphatic carbocycles. The number of hydrogen-bond donors (Lipinski definition) is 1. The van der Waals surface area contributed by atoms with Crippen molar-refractivity contribution >= 4 is 5.91 Å². The lowest BCUT2D eigenvalue weighted by molar-refractivity contribution is 0.0924. The molecule has 3 rings (SSSR count). The van der Waals surface area contributed by atoms with E-state index in [0.717, 1.165) is 42.1 Å². The van der Waals surface area contributed by atoms with Crippen LogP contribution >= 0.6 is 0 Å². The molecular weight excluding hydrogens is 342 g/mol. The molecule has 0 saturated heterocycles. The van der Waals surface area contributed by atoms with Crippen molar-refractivity contribution in [1.82, 2.24) is 15.1 Å². The van der Waals surface area contributed by atoms with Gasteiger partial charge in [0.05, 0.1) is 31.0 Å². The fourth-order valence-corrected chi connectivity index (χ4v) is 3.33. The lowest BCUT2D eigenvalue weighted by Crippen LogP contribution is -2.32. The number of carbonyl (C=O) groups excluding carboxylic acids is 1. The van der Waals surface area contributed by atoms with E-state index >= 15 is 0 Å². The van der Waals surface area contributed by atoms with Crippen molar-refractivity contribution in [3.05, 3.63) is 41.2 Å². The Labute approximate surface area is 160 Å². The zero-order chi connectivity index (χ0) is 19.4. The maximum Gasteiger partial charge on any atom is 0.255 e. The molecule has 0 fully saturated rings. The topological polar surface area (TPSA) is 65.4 Å². The second-order valence-electron chi connectivity index (χ2n) is 7.32. The molecule has 1 aromatic heterocycles. The van der Waals surface area contributed by atoms with Crippen LogP contribution in [-0.2, 0) is 6.54 Å². The number of aromatic nitrogens is 2.